The van der Waals surface area contributed by atoms with Crippen LogP contribution in [0.25, 0.3) is 0 Å². The first kappa shape index (κ1) is 26.3. The number of aromatic hydroxyl groups is 1. The minimum atomic E-state index is -0.797. The van der Waals surface area contributed by atoms with Crippen molar-refractivity contribution < 1.29 is 19.2 Å². The molecule has 0 saturated carbocycles. The van der Waals surface area contributed by atoms with Gasteiger partial charge in [-0.3, -0.25) is 18.8 Å². The summed E-state index contributed by atoms with van der Waals surface area (Å²) in [6.45, 7) is 4.72. The smallest absolute Gasteiger partial charge is 0.296 e. The summed E-state index contributed by atoms with van der Waals surface area (Å²) in [5.74, 6) is -2.32. The Balaban J connectivity index is 1.86. The number of anilines is 1. The molecule has 0 bridgehead atoms. The number of ether oxygens (including phenoxy) is 1. The highest BCUT2D eigenvalue weighted by atomic mass is 16.5. The number of nitrogens with one attached hydrogen (secondary N) is 1. The molecule has 1 amide bonds. The van der Waals surface area contributed by atoms with Crippen LogP contribution >= 0.6 is 0 Å². The number of nitriles is 1. The molecule has 196 valence electrons. The fourth-order valence-electron chi connectivity index (χ4n) is 4.49. The van der Waals surface area contributed by atoms with Crippen LogP contribution in [0.4, 0.5) is 5.69 Å². The number of methoxy groups -OCH3 is 1. The van der Waals surface area contributed by atoms with E-state index in [4.69, 9.17) is 9.26 Å². The Labute approximate surface area is 218 Å². The molecule has 2 N–H and O–H groups in total. The Morgan fingerprint density at radius 3 is 2.76 bits per heavy atom. The Bertz CT molecular complexity index is 1550. The second kappa shape index (κ2) is 11.1. The second-order valence-corrected chi connectivity index (χ2v) is 8.79. The maximum Gasteiger partial charge on any atom is 0.296 e. The van der Waals surface area contributed by atoms with Crippen LogP contribution in [-0.4, -0.2) is 49.2 Å². The van der Waals surface area contributed by atoms with Crippen molar-refractivity contribution in [2.75, 3.05) is 19.0 Å². The molecule has 4 aromatic rings. The van der Waals surface area contributed by atoms with Gasteiger partial charge >= 0.3 is 0 Å². The van der Waals surface area contributed by atoms with Crippen LogP contribution in [-0.2, 0) is 18.3 Å². The summed E-state index contributed by atoms with van der Waals surface area (Å²) in [5, 5.41) is 31.0. The second-order valence-electron chi connectivity index (χ2n) is 8.79. The van der Waals surface area contributed by atoms with Crippen LogP contribution in [0.15, 0.2) is 52.2 Å². The van der Waals surface area contributed by atoms with Gasteiger partial charge in [0.1, 0.15) is 17.8 Å². The average Bonchev–Trinajstić information content (AvgIpc) is 3.56. The molecule has 0 fully saturated rings. The quantitative estimate of drug-likeness (QED) is 0.340. The van der Waals surface area contributed by atoms with Crippen LogP contribution in [0.2, 0.25) is 0 Å². The highest BCUT2D eigenvalue weighted by Gasteiger charge is 2.32. The predicted octanol–water partition coefficient (Wildman–Crippen LogP) is 2.68. The summed E-state index contributed by atoms with van der Waals surface area (Å²) in [6.07, 6.45) is 4.37. The number of carbonyl (C=O) groups excluding carboxylic acids is 1. The molecule has 2 atom stereocenters. The van der Waals surface area contributed by atoms with E-state index in [-0.39, 0.29) is 11.5 Å². The van der Waals surface area contributed by atoms with Crippen molar-refractivity contribution in [2.24, 2.45) is 7.05 Å². The van der Waals surface area contributed by atoms with E-state index in [0.717, 1.165) is 16.8 Å². The SMILES string of the molecule is COCCn1cc([C@H](c2ccccc2C#N)[C@@H](C)c2nc(C(=O)Nc3cnoc3)c(O)c(=O)n2C)c(C)n1. The van der Waals surface area contributed by atoms with Gasteiger partial charge in [-0.2, -0.15) is 10.4 Å². The van der Waals surface area contributed by atoms with Gasteiger partial charge in [-0.1, -0.05) is 30.3 Å². The number of carbonyl (C=O) groups is 1. The Morgan fingerprint density at radius 1 is 1.32 bits per heavy atom. The lowest BCUT2D eigenvalue weighted by Gasteiger charge is -2.26. The molecule has 0 aliphatic rings. The average molecular weight is 518 g/mol. The van der Waals surface area contributed by atoms with Crippen LogP contribution in [0.3, 0.4) is 0 Å². The third-order valence-corrected chi connectivity index (χ3v) is 6.37. The molecule has 3 heterocycles. The fraction of sp³-hybridized carbons (Fsp3) is 0.308. The van der Waals surface area contributed by atoms with Crippen LogP contribution in [0, 0.1) is 18.3 Å². The van der Waals surface area contributed by atoms with Crippen molar-refractivity contribution in [1.29, 1.82) is 5.26 Å². The lowest BCUT2D eigenvalue weighted by atomic mass is 9.79. The van der Waals surface area contributed by atoms with E-state index in [2.05, 4.69) is 26.6 Å². The Kier molecular flexibility index (Phi) is 7.68. The van der Waals surface area contributed by atoms with E-state index in [1.54, 1.807) is 23.9 Å². The van der Waals surface area contributed by atoms with Crippen molar-refractivity contribution in [1.82, 2.24) is 24.5 Å². The zero-order chi connectivity index (χ0) is 27.4. The van der Waals surface area contributed by atoms with Gasteiger partial charge in [-0.15, -0.1) is 0 Å². The first-order valence-electron chi connectivity index (χ1n) is 11.8. The van der Waals surface area contributed by atoms with Gasteiger partial charge in [0.2, 0.25) is 5.75 Å². The molecule has 12 heteroatoms. The molecule has 3 aromatic heterocycles. The van der Waals surface area contributed by atoms with Gasteiger partial charge in [0.05, 0.1) is 36.7 Å². The number of hydrogen-bond donors (Lipinski definition) is 2. The highest BCUT2D eigenvalue weighted by molar-refractivity contribution is 6.04. The standard InChI is InChI=1S/C26H27N7O5/c1-15(24-30-22(23(34)26(36)32(24)3)25(35)29-18-12-28-38-14-18)21(19-8-6-5-7-17(19)11-27)20-13-33(9-10-37-4)31-16(20)2/h5-8,12-15,21,34H,9-10H2,1-4H3,(H,29,35)/t15-,21+/m1/s1. The monoisotopic (exact) mass is 517 g/mol. The molecule has 38 heavy (non-hydrogen) atoms. The molecule has 4 rings (SSSR count). The van der Waals surface area contributed by atoms with E-state index in [1.165, 1.54) is 24.1 Å². The van der Waals surface area contributed by atoms with Crippen molar-refractivity contribution in [3.8, 4) is 11.8 Å². The molecule has 0 spiro atoms. The highest BCUT2D eigenvalue weighted by Crippen LogP contribution is 2.40. The number of rotatable bonds is 9. The van der Waals surface area contributed by atoms with Gasteiger partial charge in [0, 0.05) is 37.8 Å². The molecule has 12 nitrogen and oxygen atoms in total. The van der Waals surface area contributed by atoms with Crippen LogP contribution in [0.1, 0.15) is 57.5 Å². The molecular formula is C26H27N7O5. The van der Waals surface area contributed by atoms with Gasteiger partial charge < -0.3 is 19.7 Å². The van der Waals surface area contributed by atoms with E-state index in [1.807, 2.05) is 32.2 Å². The molecule has 0 saturated heterocycles. The maximum atomic E-state index is 13.0. The summed E-state index contributed by atoms with van der Waals surface area (Å²) < 4.78 is 12.9. The molecule has 0 aliphatic carbocycles. The number of nitrogens with zero attached hydrogens (tertiary/aromatic N) is 6. The minimum absolute atomic E-state index is 0.241. The first-order chi connectivity index (χ1) is 18.3. The number of aryl methyl sites for hydroxylation is 1. The van der Waals surface area contributed by atoms with E-state index in [0.29, 0.717) is 18.7 Å². The van der Waals surface area contributed by atoms with Gasteiger partial charge in [-0.05, 0) is 18.6 Å². The number of aromatic nitrogens is 5. The third-order valence-electron chi connectivity index (χ3n) is 6.37. The number of benzene rings is 1. The number of amides is 1. The first-order valence-corrected chi connectivity index (χ1v) is 11.8. The summed E-state index contributed by atoms with van der Waals surface area (Å²) in [7, 11) is 3.09. The molecule has 1 aromatic carbocycles. The lowest BCUT2D eigenvalue weighted by Crippen LogP contribution is -2.29. The molecule has 0 aliphatic heterocycles. The van der Waals surface area contributed by atoms with Crippen molar-refractivity contribution >= 4 is 11.6 Å². The largest absolute Gasteiger partial charge is 0.501 e. The van der Waals surface area contributed by atoms with Crippen LogP contribution in [0.5, 0.6) is 5.75 Å². The zero-order valence-electron chi connectivity index (χ0n) is 21.4. The lowest BCUT2D eigenvalue weighted by molar-refractivity contribution is 0.101. The Morgan fingerprint density at radius 2 is 2.08 bits per heavy atom. The zero-order valence-corrected chi connectivity index (χ0v) is 21.4. The number of hydrogen-bond acceptors (Lipinski definition) is 9. The molecular weight excluding hydrogens is 490 g/mol. The molecule has 0 radical (unpaired) electrons. The topological polar surface area (TPSA) is 161 Å². The van der Waals surface area contributed by atoms with E-state index >= 15 is 0 Å². The Hall–Kier alpha value is -4.76. The summed E-state index contributed by atoms with van der Waals surface area (Å²) in [5.41, 5.74) is 1.77. The molecule has 0 unspecified atom stereocenters. The fourth-order valence-corrected chi connectivity index (χ4v) is 4.49. The van der Waals surface area contributed by atoms with Gasteiger partial charge in [0.25, 0.3) is 11.5 Å². The third kappa shape index (κ3) is 5.05. The van der Waals surface area contributed by atoms with E-state index in [9.17, 15) is 20.0 Å². The predicted molar refractivity (Wildman–Crippen MR) is 136 cm³/mol. The van der Waals surface area contributed by atoms with Crippen molar-refractivity contribution in [2.45, 2.75) is 32.2 Å². The van der Waals surface area contributed by atoms with Gasteiger partial charge in [-0.25, -0.2) is 4.98 Å². The minimum Gasteiger partial charge on any atom is -0.501 e. The van der Waals surface area contributed by atoms with Gasteiger partial charge in [0.15, 0.2) is 5.69 Å². The summed E-state index contributed by atoms with van der Waals surface area (Å²) >= 11 is 0. The summed E-state index contributed by atoms with van der Waals surface area (Å²) in [4.78, 5) is 30.4. The maximum absolute atomic E-state index is 13.0. The van der Waals surface area contributed by atoms with Crippen LogP contribution < -0.4 is 10.9 Å². The van der Waals surface area contributed by atoms with E-state index < -0.39 is 34.7 Å². The normalized spacial score (nSPS) is 12.6. The summed E-state index contributed by atoms with van der Waals surface area (Å²) in [6, 6.07) is 9.43. The van der Waals surface area contributed by atoms with Crippen molar-refractivity contribution in [3.05, 3.63) is 87.2 Å². The van der Waals surface area contributed by atoms with Crippen molar-refractivity contribution in [3.63, 3.8) is 0 Å².